The Morgan fingerprint density at radius 3 is 2.36 bits per heavy atom. The molecule has 5 heteroatoms. The number of halogens is 2. The van der Waals surface area contributed by atoms with Crippen molar-refractivity contribution in [3.63, 3.8) is 0 Å². The van der Waals surface area contributed by atoms with E-state index < -0.39 is 0 Å². The van der Waals surface area contributed by atoms with Gasteiger partial charge in [0.15, 0.2) is 0 Å². The zero-order chi connectivity index (χ0) is 14.9. The van der Waals surface area contributed by atoms with Crippen molar-refractivity contribution in [3.05, 3.63) is 34.3 Å². The Morgan fingerprint density at radius 1 is 1.14 bits per heavy atom. The predicted octanol–water partition coefficient (Wildman–Crippen LogP) is 3.68. The van der Waals surface area contributed by atoms with E-state index in [1.54, 1.807) is 6.07 Å². The fourth-order valence-electron chi connectivity index (χ4n) is 3.68. The Bertz CT molecular complexity index is 511. The highest BCUT2D eigenvalue weighted by atomic mass is 35.5. The number of benzene rings is 1. The van der Waals surface area contributed by atoms with E-state index >= 15 is 0 Å². The molecule has 2 fully saturated rings. The number of hydrogen-bond donors (Lipinski definition) is 1. The number of carbonyl (C=O) groups excluding carboxylic acids is 1. The van der Waals surface area contributed by atoms with Crippen LogP contribution in [0.4, 0.5) is 0 Å². The third-order valence-corrected chi connectivity index (χ3v) is 5.28. The van der Waals surface area contributed by atoms with Crippen LogP contribution in [0.1, 0.15) is 41.6 Å². The van der Waals surface area contributed by atoms with Crippen molar-refractivity contribution in [1.82, 2.24) is 10.2 Å². The summed E-state index contributed by atoms with van der Waals surface area (Å²) >= 11 is 6.07. The van der Waals surface area contributed by atoms with E-state index in [4.69, 9.17) is 11.6 Å². The summed E-state index contributed by atoms with van der Waals surface area (Å²) < 4.78 is 0. The fraction of sp³-hybridized carbons (Fsp3) is 0.588. The SMILES string of the molecule is Cc1cc(Cl)cc(C(=O)N2CCC3(CCNCC3)CC2)c1.Cl. The molecule has 0 atom stereocenters. The third kappa shape index (κ3) is 3.76. The minimum absolute atomic E-state index is 0. The van der Waals surface area contributed by atoms with Crippen LogP contribution < -0.4 is 5.32 Å². The molecule has 3 nitrogen and oxygen atoms in total. The molecule has 0 bridgehead atoms. The van der Waals surface area contributed by atoms with Crippen molar-refractivity contribution in [2.45, 2.75) is 32.6 Å². The van der Waals surface area contributed by atoms with Crippen molar-refractivity contribution in [3.8, 4) is 0 Å². The third-order valence-electron chi connectivity index (χ3n) is 5.06. The molecule has 0 aromatic heterocycles. The van der Waals surface area contributed by atoms with Gasteiger partial charge >= 0.3 is 0 Å². The van der Waals surface area contributed by atoms with E-state index in [-0.39, 0.29) is 18.3 Å². The van der Waals surface area contributed by atoms with Gasteiger partial charge in [0.25, 0.3) is 5.91 Å². The van der Waals surface area contributed by atoms with Gasteiger partial charge in [0, 0.05) is 23.7 Å². The lowest BCUT2D eigenvalue weighted by Gasteiger charge is -2.44. The van der Waals surface area contributed by atoms with E-state index in [1.165, 1.54) is 12.8 Å². The number of nitrogens with one attached hydrogen (secondary N) is 1. The minimum atomic E-state index is 0. The monoisotopic (exact) mass is 342 g/mol. The molecule has 1 amide bonds. The van der Waals surface area contributed by atoms with Crippen molar-refractivity contribution >= 4 is 29.9 Å². The van der Waals surface area contributed by atoms with E-state index in [0.29, 0.717) is 10.4 Å². The van der Waals surface area contributed by atoms with Crippen LogP contribution in [0.15, 0.2) is 18.2 Å². The first-order valence-corrected chi connectivity index (χ1v) is 8.23. The Labute approximate surface area is 143 Å². The second-order valence-corrected chi connectivity index (χ2v) is 7.00. The van der Waals surface area contributed by atoms with Crippen LogP contribution in [0.5, 0.6) is 0 Å². The van der Waals surface area contributed by atoms with E-state index in [0.717, 1.165) is 50.1 Å². The number of likely N-dealkylation sites (tertiary alicyclic amines) is 1. The Kier molecular flexibility index (Phi) is 5.76. The van der Waals surface area contributed by atoms with Gasteiger partial charge in [-0.05, 0) is 74.9 Å². The van der Waals surface area contributed by atoms with Gasteiger partial charge in [-0.1, -0.05) is 11.6 Å². The second kappa shape index (κ2) is 7.20. The molecule has 1 aromatic rings. The molecule has 0 unspecified atom stereocenters. The van der Waals surface area contributed by atoms with E-state index in [1.807, 2.05) is 24.0 Å². The summed E-state index contributed by atoms with van der Waals surface area (Å²) in [6.45, 7) is 5.99. The predicted molar refractivity (Wildman–Crippen MR) is 93.1 cm³/mol. The lowest BCUT2D eigenvalue weighted by molar-refractivity contribution is 0.0495. The first-order valence-electron chi connectivity index (χ1n) is 7.85. The summed E-state index contributed by atoms with van der Waals surface area (Å²) in [5, 5.41) is 4.08. The van der Waals surface area contributed by atoms with E-state index in [2.05, 4.69) is 5.32 Å². The average Bonchev–Trinajstić information content (AvgIpc) is 2.47. The van der Waals surface area contributed by atoms with Gasteiger partial charge < -0.3 is 10.2 Å². The van der Waals surface area contributed by atoms with Crippen LogP contribution in [0.3, 0.4) is 0 Å². The van der Waals surface area contributed by atoms with Gasteiger partial charge in [-0.25, -0.2) is 0 Å². The maximum atomic E-state index is 12.6. The van der Waals surface area contributed by atoms with Crippen LogP contribution in [0, 0.1) is 12.3 Å². The molecular formula is C17H24Cl2N2O. The molecular weight excluding hydrogens is 319 g/mol. The van der Waals surface area contributed by atoms with Crippen molar-refractivity contribution < 1.29 is 4.79 Å². The van der Waals surface area contributed by atoms with Crippen LogP contribution >= 0.6 is 24.0 Å². The molecule has 1 N–H and O–H groups in total. The zero-order valence-electron chi connectivity index (χ0n) is 13.0. The molecule has 0 radical (unpaired) electrons. The number of carbonyl (C=O) groups is 1. The smallest absolute Gasteiger partial charge is 0.253 e. The van der Waals surface area contributed by atoms with Gasteiger partial charge in [0.2, 0.25) is 0 Å². The summed E-state index contributed by atoms with van der Waals surface area (Å²) in [6.07, 6.45) is 4.79. The summed E-state index contributed by atoms with van der Waals surface area (Å²) in [7, 11) is 0. The fourth-order valence-corrected chi connectivity index (χ4v) is 3.97. The number of amides is 1. The standard InChI is InChI=1S/C17H23ClN2O.ClH/c1-13-10-14(12-15(18)11-13)16(21)20-8-4-17(5-9-20)2-6-19-7-3-17;/h10-12,19H,2-9H2,1H3;1H. The van der Waals surface area contributed by atoms with Crippen LogP contribution in [-0.2, 0) is 0 Å². The molecule has 1 spiro atoms. The zero-order valence-corrected chi connectivity index (χ0v) is 14.6. The van der Waals surface area contributed by atoms with Crippen molar-refractivity contribution in [2.75, 3.05) is 26.2 Å². The molecule has 2 heterocycles. The molecule has 2 aliphatic heterocycles. The van der Waals surface area contributed by atoms with Gasteiger partial charge in [-0.2, -0.15) is 0 Å². The maximum absolute atomic E-state index is 12.6. The highest BCUT2D eigenvalue weighted by molar-refractivity contribution is 6.31. The van der Waals surface area contributed by atoms with Gasteiger partial charge in [-0.3, -0.25) is 4.79 Å². The van der Waals surface area contributed by atoms with Gasteiger partial charge in [0.1, 0.15) is 0 Å². The largest absolute Gasteiger partial charge is 0.339 e. The first kappa shape index (κ1) is 17.6. The van der Waals surface area contributed by atoms with Crippen LogP contribution in [-0.4, -0.2) is 37.0 Å². The Balaban J connectivity index is 0.00000176. The molecule has 3 rings (SSSR count). The quantitative estimate of drug-likeness (QED) is 0.844. The maximum Gasteiger partial charge on any atom is 0.253 e. The summed E-state index contributed by atoms with van der Waals surface area (Å²) in [4.78, 5) is 14.6. The highest BCUT2D eigenvalue weighted by Crippen LogP contribution is 2.39. The molecule has 2 saturated heterocycles. The number of hydrogen-bond acceptors (Lipinski definition) is 2. The summed E-state index contributed by atoms with van der Waals surface area (Å²) in [6, 6.07) is 5.60. The molecule has 2 aliphatic rings. The van der Waals surface area contributed by atoms with Crippen molar-refractivity contribution in [2.24, 2.45) is 5.41 Å². The molecule has 0 saturated carbocycles. The normalized spacial score (nSPS) is 20.5. The molecule has 0 aliphatic carbocycles. The highest BCUT2D eigenvalue weighted by Gasteiger charge is 2.36. The van der Waals surface area contributed by atoms with Crippen LogP contribution in [0.25, 0.3) is 0 Å². The Morgan fingerprint density at radius 2 is 1.77 bits per heavy atom. The number of nitrogens with zero attached hydrogens (tertiary/aromatic N) is 1. The first-order chi connectivity index (χ1) is 10.1. The number of aryl methyl sites for hydroxylation is 1. The molecule has 1 aromatic carbocycles. The van der Waals surface area contributed by atoms with E-state index in [9.17, 15) is 4.79 Å². The summed E-state index contributed by atoms with van der Waals surface area (Å²) in [5.41, 5.74) is 2.24. The lowest BCUT2D eigenvalue weighted by Crippen LogP contribution is -2.47. The lowest BCUT2D eigenvalue weighted by atomic mass is 9.71. The minimum Gasteiger partial charge on any atom is -0.339 e. The van der Waals surface area contributed by atoms with Gasteiger partial charge in [0.05, 0.1) is 0 Å². The second-order valence-electron chi connectivity index (χ2n) is 6.56. The Hall–Kier alpha value is -0.770. The summed E-state index contributed by atoms with van der Waals surface area (Å²) in [5.74, 6) is 0.129. The van der Waals surface area contributed by atoms with Crippen molar-refractivity contribution in [1.29, 1.82) is 0 Å². The molecule has 22 heavy (non-hydrogen) atoms. The topological polar surface area (TPSA) is 32.3 Å². The number of rotatable bonds is 1. The van der Waals surface area contributed by atoms with Gasteiger partial charge in [-0.15, -0.1) is 12.4 Å². The average molecular weight is 343 g/mol. The molecule has 122 valence electrons. The van der Waals surface area contributed by atoms with Crippen LogP contribution in [0.2, 0.25) is 5.02 Å². The number of piperidine rings is 2.